The molecule has 0 spiro atoms. The molecule has 0 fully saturated rings. The van der Waals surface area contributed by atoms with E-state index in [-0.39, 0.29) is 24.8 Å². The summed E-state index contributed by atoms with van der Waals surface area (Å²) in [6.07, 6.45) is 3.33. The van der Waals surface area contributed by atoms with Gasteiger partial charge in [-0.05, 0) is 12.1 Å². The van der Waals surface area contributed by atoms with E-state index in [9.17, 15) is 0 Å². The third-order valence-corrected chi connectivity index (χ3v) is 1.70. The van der Waals surface area contributed by atoms with Gasteiger partial charge in [-0.2, -0.15) is 0 Å². The number of hydrogen-bond donors (Lipinski definition) is 1. The SMILES string of the molecule is Cl.Cl.Nc1cncn1-c1ccccc1. The van der Waals surface area contributed by atoms with Crippen LogP contribution in [0.2, 0.25) is 0 Å². The van der Waals surface area contributed by atoms with E-state index < -0.39 is 0 Å². The maximum absolute atomic E-state index is 5.67. The lowest BCUT2D eigenvalue weighted by molar-refractivity contribution is 1.07. The molecule has 0 amide bonds. The molecular formula is C9H11Cl2N3. The highest BCUT2D eigenvalue weighted by Gasteiger charge is 1.97. The molecule has 0 atom stereocenters. The molecule has 76 valence electrons. The van der Waals surface area contributed by atoms with Crippen LogP contribution in [0.25, 0.3) is 5.69 Å². The summed E-state index contributed by atoms with van der Waals surface area (Å²) in [5, 5.41) is 0. The average Bonchev–Trinajstić information content (AvgIpc) is 2.53. The van der Waals surface area contributed by atoms with Crippen molar-refractivity contribution >= 4 is 30.6 Å². The quantitative estimate of drug-likeness (QED) is 0.819. The second kappa shape index (κ2) is 5.52. The normalized spacial score (nSPS) is 8.57. The van der Waals surface area contributed by atoms with Gasteiger partial charge in [0.25, 0.3) is 0 Å². The minimum Gasteiger partial charge on any atom is -0.383 e. The Morgan fingerprint density at radius 1 is 1.07 bits per heavy atom. The molecule has 2 N–H and O–H groups in total. The molecule has 1 aromatic heterocycles. The Bertz CT molecular complexity index is 373. The van der Waals surface area contributed by atoms with Crippen LogP contribution in [0.5, 0.6) is 0 Å². The number of nitrogens with two attached hydrogens (primary N) is 1. The molecule has 0 radical (unpaired) electrons. The van der Waals surface area contributed by atoms with Crippen LogP contribution in [0, 0.1) is 0 Å². The number of halogens is 2. The number of imidazole rings is 1. The molecule has 0 bridgehead atoms. The third-order valence-electron chi connectivity index (χ3n) is 1.70. The highest BCUT2D eigenvalue weighted by molar-refractivity contribution is 5.85. The molecule has 1 aromatic carbocycles. The van der Waals surface area contributed by atoms with Gasteiger partial charge in [-0.3, -0.25) is 4.57 Å². The van der Waals surface area contributed by atoms with E-state index in [1.54, 1.807) is 12.5 Å². The van der Waals surface area contributed by atoms with Crippen LogP contribution in [0.15, 0.2) is 42.9 Å². The smallest absolute Gasteiger partial charge is 0.127 e. The summed E-state index contributed by atoms with van der Waals surface area (Å²) < 4.78 is 1.83. The van der Waals surface area contributed by atoms with Crippen LogP contribution < -0.4 is 5.73 Å². The number of hydrogen-bond acceptors (Lipinski definition) is 2. The number of anilines is 1. The predicted octanol–water partition coefficient (Wildman–Crippen LogP) is 2.30. The lowest BCUT2D eigenvalue weighted by atomic mass is 10.3. The van der Waals surface area contributed by atoms with Gasteiger partial charge in [0.15, 0.2) is 0 Å². The minimum atomic E-state index is 0. The number of nitrogen functional groups attached to an aromatic ring is 1. The number of benzene rings is 1. The van der Waals surface area contributed by atoms with Crippen molar-refractivity contribution in [2.75, 3.05) is 5.73 Å². The first-order valence-electron chi connectivity index (χ1n) is 3.71. The lowest BCUT2D eigenvalue weighted by Crippen LogP contribution is -1.97. The zero-order valence-corrected chi connectivity index (χ0v) is 8.96. The maximum Gasteiger partial charge on any atom is 0.127 e. The van der Waals surface area contributed by atoms with Gasteiger partial charge in [-0.1, -0.05) is 18.2 Å². The molecular weight excluding hydrogens is 221 g/mol. The fourth-order valence-electron chi connectivity index (χ4n) is 1.11. The number of aromatic nitrogens is 2. The second-order valence-electron chi connectivity index (χ2n) is 2.52. The standard InChI is InChI=1S/C9H9N3.2ClH/c10-9-6-11-7-12(9)8-4-2-1-3-5-8;;/h1-7H,10H2;2*1H. The highest BCUT2D eigenvalue weighted by Crippen LogP contribution is 2.10. The number of para-hydroxylation sites is 1. The van der Waals surface area contributed by atoms with Crippen molar-refractivity contribution in [2.45, 2.75) is 0 Å². The molecule has 0 aliphatic heterocycles. The van der Waals surface area contributed by atoms with Crippen LogP contribution in [-0.4, -0.2) is 9.55 Å². The first kappa shape index (κ1) is 12.8. The summed E-state index contributed by atoms with van der Waals surface area (Å²) >= 11 is 0. The predicted molar refractivity (Wildman–Crippen MR) is 62.5 cm³/mol. The topological polar surface area (TPSA) is 43.8 Å². The molecule has 2 aromatic rings. The van der Waals surface area contributed by atoms with Gasteiger partial charge in [-0.15, -0.1) is 24.8 Å². The van der Waals surface area contributed by atoms with Gasteiger partial charge in [0.1, 0.15) is 12.1 Å². The van der Waals surface area contributed by atoms with Crippen molar-refractivity contribution in [1.82, 2.24) is 9.55 Å². The zero-order valence-electron chi connectivity index (χ0n) is 7.33. The van der Waals surface area contributed by atoms with Gasteiger partial charge in [0.2, 0.25) is 0 Å². The Morgan fingerprint density at radius 2 is 1.71 bits per heavy atom. The molecule has 0 aliphatic carbocycles. The van der Waals surface area contributed by atoms with E-state index in [4.69, 9.17) is 5.73 Å². The van der Waals surface area contributed by atoms with Crippen molar-refractivity contribution in [3.8, 4) is 5.69 Å². The molecule has 1 heterocycles. The lowest BCUT2D eigenvalue weighted by Gasteiger charge is -2.02. The van der Waals surface area contributed by atoms with E-state index in [2.05, 4.69) is 4.98 Å². The molecule has 0 aliphatic rings. The molecule has 0 saturated heterocycles. The number of nitrogens with zero attached hydrogens (tertiary/aromatic N) is 2. The Balaban J connectivity index is 0.000000845. The van der Waals surface area contributed by atoms with Crippen LogP contribution in [0.3, 0.4) is 0 Å². The van der Waals surface area contributed by atoms with E-state index in [1.807, 2.05) is 34.9 Å². The summed E-state index contributed by atoms with van der Waals surface area (Å²) in [4.78, 5) is 3.94. The Kier molecular flexibility index (Phi) is 5.05. The van der Waals surface area contributed by atoms with Crippen molar-refractivity contribution in [3.63, 3.8) is 0 Å². The molecule has 14 heavy (non-hydrogen) atoms. The van der Waals surface area contributed by atoms with Crippen LogP contribution in [-0.2, 0) is 0 Å². The summed E-state index contributed by atoms with van der Waals surface area (Å²) in [6.45, 7) is 0. The van der Waals surface area contributed by atoms with Gasteiger partial charge in [-0.25, -0.2) is 4.98 Å². The average molecular weight is 232 g/mol. The summed E-state index contributed by atoms with van der Waals surface area (Å²) in [6, 6.07) is 9.87. The first-order valence-corrected chi connectivity index (χ1v) is 3.71. The van der Waals surface area contributed by atoms with Crippen LogP contribution >= 0.6 is 24.8 Å². The van der Waals surface area contributed by atoms with E-state index in [0.29, 0.717) is 5.82 Å². The minimum absolute atomic E-state index is 0. The maximum atomic E-state index is 5.67. The Labute approximate surface area is 94.8 Å². The van der Waals surface area contributed by atoms with Crippen molar-refractivity contribution < 1.29 is 0 Å². The van der Waals surface area contributed by atoms with E-state index >= 15 is 0 Å². The highest BCUT2D eigenvalue weighted by atomic mass is 35.5. The van der Waals surface area contributed by atoms with Gasteiger partial charge in [0, 0.05) is 5.69 Å². The van der Waals surface area contributed by atoms with Crippen LogP contribution in [0.4, 0.5) is 5.82 Å². The van der Waals surface area contributed by atoms with E-state index in [0.717, 1.165) is 5.69 Å². The summed E-state index contributed by atoms with van der Waals surface area (Å²) in [5.74, 6) is 0.654. The summed E-state index contributed by atoms with van der Waals surface area (Å²) in [7, 11) is 0. The van der Waals surface area contributed by atoms with Gasteiger partial charge < -0.3 is 5.73 Å². The molecule has 0 unspecified atom stereocenters. The Hall–Kier alpha value is -1.19. The molecule has 5 heteroatoms. The fraction of sp³-hybridized carbons (Fsp3) is 0. The van der Waals surface area contributed by atoms with Crippen molar-refractivity contribution in [2.24, 2.45) is 0 Å². The van der Waals surface area contributed by atoms with Crippen molar-refractivity contribution in [1.29, 1.82) is 0 Å². The van der Waals surface area contributed by atoms with Crippen molar-refractivity contribution in [3.05, 3.63) is 42.9 Å². The number of rotatable bonds is 1. The molecule has 3 nitrogen and oxygen atoms in total. The molecule has 0 saturated carbocycles. The zero-order chi connectivity index (χ0) is 8.39. The van der Waals surface area contributed by atoms with E-state index in [1.165, 1.54) is 0 Å². The largest absolute Gasteiger partial charge is 0.383 e. The van der Waals surface area contributed by atoms with Crippen LogP contribution in [0.1, 0.15) is 0 Å². The van der Waals surface area contributed by atoms with Gasteiger partial charge in [0.05, 0.1) is 6.20 Å². The monoisotopic (exact) mass is 231 g/mol. The fourth-order valence-corrected chi connectivity index (χ4v) is 1.11. The third kappa shape index (κ3) is 2.40. The Morgan fingerprint density at radius 3 is 2.21 bits per heavy atom. The second-order valence-corrected chi connectivity index (χ2v) is 2.52. The molecule has 2 rings (SSSR count). The first-order chi connectivity index (χ1) is 5.88. The van der Waals surface area contributed by atoms with Gasteiger partial charge >= 0.3 is 0 Å². The summed E-state index contributed by atoms with van der Waals surface area (Å²) in [5.41, 5.74) is 6.71.